The fourth-order valence-corrected chi connectivity index (χ4v) is 3.54. The van der Waals surface area contributed by atoms with Gasteiger partial charge in [-0.05, 0) is 39.7 Å². The fourth-order valence-electron chi connectivity index (χ4n) is 3.54. The Labute approximate surface area is 234 Å². The monoisotopic (exact) mass is 713 g/mol. The van der Waals surface area contributed by atoms with Gasteiger partial charge in [-0.3, -0.25) is 0 Å². The molecule has 2 aromatic heterocycles. The Balaban J connectivity index is 0.000000211. The number of halogens is 6. The maximum Gasteiger partial charge on any atom is 0.400 e. The molecule has 9 heteroatoms. The van der Waals surface area contributed by atoms with Crippen molar-refractivity contribution in [2.24, 2.45) is 0 Å². The largest absolute Gasteiger partial charge is 0.400 e. The van der Waals surface area contributed by atoms with Gasteiger partial charge in [-0.15, -0.1) is 59.7 Å². The normalized spacial score (nSPS) is 11.1. The molecule has 0 atom stereocenters. The van der Waals surface area contributed by atoms with Crippen molar-refractivity contribution in [2.45, 2.75) is 12.4 Å². The molecule has 1 radical (unpaired) electrons. The molecule has 201 valence electrons. The van der Waals surface area contributed by atoms with Crippen LogP contribution in [-0.4, -0.2) is 9.97 Å². The quantitative estimate of drug-likeness (QED) is 0.138. The van der Waals surface area contributed by atoms with Gasteiger partial charge in [-0.25, -0.2) is 0 Å². The van der Waals surface area contributed by atoms with Gasteiger partial charge in [0, 0.05) is 32.5 Å². The number of rotatable bonds is 3. The van der Waals surface area contributed by atoms with Crippen molar-refractivity contribution in [3.63, 3.8) is 0 Å². The first-order chi connectivity index (χ1) is 18.1. The van der Waals surface area contributed by atoms with Gasteiger partial charge < -0.3 is 9.97 Å². The minimum Gasteiger partial charge on any atom is -0.305 e. The van der Waals surface area contributed by atoms with Crippen molar-refractivity contribution < 1.29 is 46.4 Å². The standard InChI is InChI=1S/C17H12N.C13H6F6N.Ir/c1-3-7-14(8-4-1)16-11-12-17(18-13-16)15-9-5-2-6-10-15;14-12(15,16)9-5-4-8(7-10(9)13(17,18)19)11-3-1-2-6-20-11;/h1-9,11-13H;1-3,5-7H;/q2*-1;. The predicted octanol–water partition coefficient (Wildman–Crippen LogP) is 8.80. The van der Waals surface area contributed by atoms with Crippen molar-refractivity contribution in [1.82, 2.24) is 9.97 Å². The van der Waals surface area contributed by atoms with Crippen molar-refractivity contribution >= 4 is 0 Å². The number of pyridine rings is 2. The second-order valence-corrected chi connectivity index (χ2v) is 7.96. The summed E-state index contributed by atoms with van der Waals surface area (Å²) in [5.41, 5.74) is 0.767. The van der Waals surface area contributed by atoms with Gasteiger partial charge in [0.2, 0.25) is 0 Å². The smallest absolute Gasteiger partial charge is 0.305 e. The maximum absolute atomic E-state index is 12.7. The van der Waals surface area contributed by atoms with E-state index in [0.29, 0.717) is 12.1 Å². The number of aromatic nitrogens is 2. The molecule has 0 spiro atoms. The second-order valence-electron chi connectivity index (χ2n) is 7.96. The van der Waals surface area contributed by atoms with Crippen LogP contribution in [0.25, 0.3) is 33.6 Å². The zero-order valence-electron chi connectivity index (χ0n) is 19.9. The topological polar surface area (TPSA) is 25.8 Å². The van der Waals surface area contributed by atoms with Crippen LogP contribution in [0.2, 0.25) is 0 Å². The van der Waals surface area contributed by atoms with E-state index >= 15 is 0 Å². The molecule has 0 fully saturated rings. The fraction of sp³-hybridized carbons (Fsp3) is 0.0667. The summed E-state index contributed by atoms with van der Waals surface area (Å²) in [5, 5.41) is 0. The van der Waals surface area contributed by atoms with Crippen LogP contribution < -0.4 is 0 Å². The zero-order valence-corrected chi connectivity index (χ0v) is 22.3. The van der Waals surface area contributed by atoms with E-state index in [2.05, 4.69) is 40.3 Å². The van der Waals surface area contributed by atoms with E-state index in [-0.39, 0.29) is 31.4 Å². The average molecular weight is 713 g/mol. The van der Waals surface area contributed by atoms with E-state index in [1.54, 1.807) is 0 Å². The Morgan fingerprint density at radius 2 is 1.23 bits per heavy atom. The minimum absolute atomic E-state index is 0. The number of alkyl halides is 6. The molecular formula is C30H18F6IrN2-2. The van der Waals surface area contributed by atoms with Crippen molar-refractivity contribution in [1.29, 1.82) is 0 Å². The molecule has 0 amide bonds. The van der Waals surface area contributed by atoms with Gasteiger partial charge in [0.15, 0.2) is 0 Å². The minimum atomic E-state index is -5.11. The van der Waals surface area contributed by atoms with Crippen molar-refractivity contribution in [2.75, 3.05) is 0 Å². The van der Waals surface area contributed by atoms with Crippen molar-refractivity contribution in [3.8, 4) is 33.6 Å². The Kier molecular flexibility index (Phi) is 9.78. The van der Waals surface area contributed by atoms with Crippen LogP contribution in [0.3, 0.4) is 0 Å². The molecule has 5 rings (SSSR count). The number of benzene rings is 3. The first-order valence-corrected chi connectivity index (χ1v) is 11.2. The Morgan fingerprint density at radius 1 is 0.564 bits per heavy atom. The molecule has 0 N–H and O–H groups in total. The molecule has 39 heavy (non-hydrogen) atoms. The van der Waals surface area contributed by atoms with E-state index in [4.69, 9.17) is 0 Å². The van der Waals surface area contributed by atoms with Gasteiger partial charge in [0.1, 0.15) is 0 Å². The molecule has 0 unspecified atom stereocenters. The molecule has 0 aliphatic heterocycles. The Bertz CT molecular complexity index is 1400. The molecule has 3 aromatic carbocycles. The van der Waals surface area contributed by atoms with Crippen LogP contribution in [0.5, 0.6) is 0 Å². The second kappa shape index (κ2) is 12.8. The molecule has 0 bridgehead atoms. The van der Waals surface area contributed by atoms with Crippen LogP contribution >= 0.6 is 0 Å². The third-order valence-electron chi connectivity index (χ3n) is 5.36. The molecular weight excluding hydrogens is 695 g/mol. The summed E-state index contributed by atoms with van der Waals surface area (Å²) in [7, 11) is 0. The molecule has 0 saturated heterocycles. The van der Waals surface area contributed by atoms with Gasteiger partial charge >= 0.3 is 12.4 Å². The van der Waals surface area contributed by atoms with Gasteiger partial charge in [0.25, 0.3) is 0 Å². The molecule has 2 heterocycles. The first-order valence-electron chi connectivity index (χ1n) is 11.2. The van der Waals surface area contributed by atoms with Crippen LogP contribution in [0.15, 0.2) is 109 Å². The number of hydrogen-bond acceptors (Lipinski definition) is 2. The van der Waals surface area contributed by atoms with E-state index in [1.807, 2.05) is 54.7 Å². The van der Waals surface area contributed by atoms with Crippen LogP contribution in [-0.2, 0) is 32.5 Å². The Hall–Kier alpha value is -3.81. The summed E-state index contributed by atoms with van der Waals surface area (Å²) in [6.45, 7) is 0. The Morgan fingerprint density at radius 3 is 1.79 bits per heavy atom. The third kappa shape index (κ3) is 7.85. The summed E-state index contributed by atoms with van der Waals surface area (Å²) in [4.78, 5) is 8.28. The summed E-state index contributed by atoms with van der Waals surface area (Å²) in [5.74, 6) is 0. The van der Waals surface area contributed by atoms with E-state index in [1.165, 1.54) is 30.0 Å². The molecule has 2 nitrogen and oxygen atoms in total. The maximum atomic E-state index is 12.7. The summed E-state index contributed by atoms with van der Waals surface area (Å²) < 4.78 is 76.0. The first kappa shape index (κ1) is 29.7. The van der Waals surface area contributed by atoms with Crippen molar-refractivity contribution in [3.05, 3.63) is 133 Å². The third-order valence-corrected chi connectivity index (χ3v) is 5.36. The van der Waals surface area contributed by atoms with Crippen LogP contribution in [0, 0.1) is 12.1 Å². The molecule has 0 aliphatic rings. The van der Waals surface area contributed by atoms with Gasteiger partial charge in [0.05, 0.1) is 0 Å². The summed E-state index contributed by atoms with van der Waals surface area (Å²) in [6.07, 6.45) is -6.97. The number of nitrogens with zero attached hydrogens (tertiary/aromatic N) is 2. The van der Waals surface area contributed by atoms with Gasteiger partial charge in [-0.1, -0.05) is 54.6 Å². The van der Waals surface area contributed by atoms with Crippen LogP contribution in [0.4, 0.5) is 26.3 Å². The zero-order chi connectivity index (χ0) is 27.2. The number of hydrogen-bond donors (Lipinski definition) is 0. The predicted molar refractivity (Wildman–Crippen MR) is 132 cm³/mol. The van der Waals surface area contributed by atoms with Crippen LogP contribution in [0.1, 0.15) is 11.1 Å². The van der Waals surface area contributed by atoms with E-state index in [9.17, 15) is 26.3 Å². The van der Waals surface area contributed by atoms with E-state index < -0.39 is 23.5 Å². The summed E-state index contributed by atoms with van der Waals surface area (Å²) >= 11 is 0. The molecule has 0 saturated carbocycles. The summed E-state index contributed by atoms with van der Waals surface area (Å²) in [6, 6.07) is 32.8. The molecule has 0 aliphatic carbocycles. The average Bonchev–Trinajstić information content (AvgIpc) is 2.94. The molecule has 5 aromatic rings. The van der Waals surface area contributed by atoms with E-state index in [0.717, 1.165) is 16.8 Å². The van der Waals surface area contributed by atoms with Gasteiger partial charge in [-0.2, -0.15) is 26.3 Å². The SMILES string of the molecule is FC(F)(F)c1c[c-]c(-c2ccccn2)cc1C(F)(F)F.[Ir].[c-]1ccccc1-c1ccc(-c2ccccc2)cn1.